The lowest BCUT2D eigenvalue weighted by Gasteiger charge is -2.25. The van der Waals surface area contributed by atoms with Gasteiger partial charge in [-0.2, -0.15) is 0 Å². The first-order valence-corrected chi connectivity index (χ1v) is 6.36. The van der Waals surface area contributed by atoms with E-state index in [1.54, 1.807) is 27.2 Å². The molecule has 0 heterocycles. The second-order valence-electron chi connectivity index (χ2n) is 4.80. The standard InChI is InChI=1S/C15H23NO3/c1-11(10-18-4)16(3)9-14-8-13(12(2)17)6-7-15(14)19-5/h6-8,11H,9-10H2,1-5H3. The topological polar surface area (TPSA) is 38.8 Å². The number of methoxy groups -OCH3 is 2. The number of ketones is 1. The highest BCUT2D eigenvalue weighted by molar-refractivity contribution is 5.94. The van der Waals surface area contributed by atoms with Crippen molar-refractivity contribution in [2.75, 3.05) is 27.9 Å². The molecule has 0 radical (unpaired) electrons. The molecule has 0 aliphatic carbocycles. The molecule has 0 aromatic heterocycles. The molecule has 106 valence electrons. The lowest BCUT2D eigenvalue weighted by Crippen LogP contribution is -2.32. The molecule has 0 aliphatic rings. The normalized spacial score (nSPS) is 12.5. The number of likely N-dealkylation sites (N-methyl/N-ethyl adjacent to an activating group) is 1. The van der Waals surface area contributed by atoms with Gasteiger partial charge in [-0.05, 0) is 39.1 Å². The summed E-state index contributed by atoms with van der Waals surface area (Å²) in [6.07, 6.45) is 0. The fraction of sp³-hybridized carbons (Fsp3) is 0.533. The first-order chi connectivity index (χ1) is 8.99. The molecule has 0 amide bonds. The van der Waals surface area contributed by atoms with Gasteiger partial charge in [0.1, 0.15) is 5.75 Å². The van der Waals surface area contributed by atoms with Crippen LogP contribution < -0.4 is 4.74 Å². The average Bonchev–Trinajstić information content (AvgIpc) is 2.38. The van der Waals surface area contributed by atoms with Crippen LogP contribution in [0.5, 0.6) is 5.75 Å². The fourth-order valence-corrected chi connectivity index (χ4v) is 1.91. The van der Waals surface area contributed by atoms with Crippen LogP contribution in [0.1, 0.15) is 29.8 Å². The summed E-state index contributed by atoms with van der Waals surface area (Å²) >= 11 is 0. The molecular formula is C15H23NO3. The Labute approximate surface area is 115 Å². The predicted octanol–water partition coefficient (Wildman–Crippen LogP) is 2.36. The summed E-state index contributed by atoms with van der Waals surface area (Å²) in [5.41, 5.74) is 1.73. The molecular weight excluding hydrogens is 242 g/mol. The minimum absolute atomic E-state index is 0.0662. The average molecular weight is 265 g/mol. The second-order valence-corrected chi connectivity index (χ2v) is 4.80. The number of nitrogens with zero attached hydrogens (tertiary/aromatic N) is 1. The molecule has 1 aromatic rings. The van der Waals surface area contributed by atoms with Gasteiger partial charge in [-0.1, -0.05) is 0 Å². The van der Waals surface area contributed by atoms with Gasteiger partial charge >= 0.3 is 0 Å². The number of ether oxygens (including phenoxy) is 2. The van der Waals surface area contributed by atoms with Gasteiger partial charge in [0.25, 0.3) is 0 Å². The molecule has 0 saturated carbocycles. The Bertz CT molecular complexity index is 431. The molecule has 1 aromatic carbocycles. The van der Waals surface area contributed by atoms with E-state index in [2.05, 4.69) is 11.8 Å². The lowest BCUT2D eigenvalue weighted by atomic mass is 10.1. The van der Waals surface area contributed by atoms with E-state index in [4.69, 9.17) is 9.47 Å². The van der Waals surface area contributed by atoms with E-state index < -0.39 is 0 Å². The molecule has 1 rings (SSSR count). The highest BCUT2D eigenvalue weighted by atomic mass is 16.5. The van der Waals surface area contributed by atoms with Crippen LogP contribution in [-0.2, 0) is 11.3 Å². The molecule has 4 heteroatoms. The van der Waals surface area contributed by atoms with Crippen molar-refractivity contribution in [3.63, 3.8) is 0 Å². The SMILES string of the molecule is COCC(C)N(C)Cc1cc(C(C)=O)ccc1OC. The van der Waals surface area contributed by atoms with Crippen LogP contribution in [0, 0.1) is 0 Å². The molecule has 0 aliphatic heterocycles. The molecule has 4 nitrogen and oxygen atoms in total. The quantitative estimate of drug-likeness (QED) is 0.709. The van der Waals surface area contributed by atoms with Crippen LogP contribution in [0.3, 0.4) is 0 Å². The number of rotatable bonds is 7. The van der Waals surface area contributed by atoms with Gasteiger partial charge in [0.15, 0.2) is 5.78 Å². The van der Waals surface area contributed by atoms with Crippen LogP contribution in [0.4, 0.5) is 0 Å². The third-order valence-corrected chi connectivity index (χ3v) is 3.27. The molecule has 0 bridgehead atoms. The van der Waals surface area contributed by atoms with Crippen molar-refractivity contribution in [2.24, 2.45) is 0 Å². The Hall–Kier alpha value is -1.39. The highest BCUT2D eigenvalue weighted by Crippen LogP contribution is 2.22. The van der Waals surface area contributed by atoms with E-state index in [0.717, 1.165) is 17.9 Å². The van der Waals surface area contributed by atoms with Gasteiger partial charge in [0, 0.05) is 30.8 Å². The monoisotopic (exact) mass is 265 g/mol. The van der Waals surface area contributed by atoms with Crippen molar-refractivity contribution in [1.82, 2.24) is 4.90 Å². The van der Waals surface area contributed by atoms with Crippen molar-refractivity contribution in [3.05, 3.63) is 29.3 Å². The van der Waals surface area contributed by atoms with Gasteiger partial charge in [0.05, 0.1) is 13.7 Å². The smallest absolute Gasteiger partial charge is 0.159 e. The summed E-state index contributed by atoms with van der Waals surface area (Å²) in [6, 6.07) is 5.84. The Balaban J connectivity index is 2.91. The Morgan fingerprint density at radius 2 is 2.05 bits per heavy atom. The van der Waals surface area contributed by atoms with Crippen molar-refractivity contribution >= 4 is 5.78 Å². The summed E-state index contributed by atoms with van der Waals surface area (Å²) in [7, 11) is 5.37. The van der Waals surface area contributed by atoms with E-state index in [1.807, 2.05) is 19.2 Å². The molecule has 0 spiro atoms. The van der Waals surface area contributed by atoms with Gasteiger partial charge in [-0.15, -0.1) is 0 Å². The van der Waals surface area contributed by atoms with Crippen LogP contribution in [0.15, 0.2) is 18.2 Å². The highest BCUT2D eigenvalue weighted by Gasteiger charge is 2.13. The summed E-state index contributed by atoms with van der Waals surface area (Å²) in [4.78, 5) is 13.6. The number of hydrogen-bond donors (Lipinski definition) is 0. The number of Topliss-reactive ketones (excluding diaryl/α,β-unsaturated/α-hetero) is 1. The zero-order valence-electron chi connectivity index (χ0n) is 12.4. The molecule has 19 heavy (non-hydrogen) atoms. The number of carbonyl (C=O) groups is 1. The third-order valence-electron chi connectivity index (χ3n) is 3.27. The van der Waals surface area contributed by atoms with Crippen LogP contribution in [0.25, 0.3) is 0 Å². The Kier molecular flexibility index (Phi) is 5.99. The summed E-state index contributed by atoms with van der Waals surface area (Å²) in [5, 5.41) is 0. The largest absolute Gasteiger partial charge is 0.496 e. The van der Waals surface area contributed by atoms with E-state index >= 15 is 0 Å². The molecule has 1 atom stereocenters. The zero-order chi connectivity index (χ0) is 14.4. The fourth-order valence-electron chi connectivity index (χ4n) is 1.91. The maximum absolute atomic E-state index is 11.4. The third kappa shape index (κ3) is 4.33. The summed E-state index contributed by atoms with van der Waals surface area (Å²) in [5.74, 6) is 0.873. The van der Waals surface area contributed by atoms with Gasteiger partial charge in [-0.25, -0.2) is 0 Å². The number of benzene rings is 1. The number of carbonyl (C=O) groups excluding carboxylic acids is 1. The van der Waals surface area contributed by atoms with E-state index in [9.17, 15) is 4.79 Å². The van der Waals surface area contributed by atoms with Crippen molar-refractivity contribution in [2.45, 2.75) is 26.4 Å². The number of hydrogen-bond acceptors (Lipinski definition) is 4. The zero-order valence-corrected chi connectivity index (χ0v) is 12.4. The van der Waals surface area contributed by atoms with Crippen molar-refractivity contribution < 1.29 is 14.3 Å². The van der Waals surface area contributed by atoms with Crippen molar-refractivity contribution in [3.8, 4) is 5.75 Å². The van der Waals surface area contributed by atoms with E-state index in [1.165, 1.54) is 0 Å². The maximum Gasteiger partial charge on any atom is 0.159 e. The molecule has 0 saturated heterocycles. The Morgan fingerprint density at radius 3 is 2.58 bits per heavy atom. The first-order valence-electron chi connectivity index (χ1n) is 6.36. The second kappa shape index (κ2) is 7.26. The summed E-state index contributed by atoms with van der Waals surface area (Å²) in [6.45, 7) is 5.06. The van der Waals surface area contributed by atoms with Gasteiger partial charge < -0.3 is 9.47 Å². The molecule has 1 unspecified atom stereocenters. The lowest BCUT2D eigenvalue weighted by molar-refractivity contribution is 0.101. The van der Waals surface area contributed by atoms with Crippen LogP contribution >= 0.6 is 0 Å². The minimum Gasteiger partial charge on any atom is -0.496 e. The van der Waals surface area contributed by atoms with E-state index in [0.29, 0.717) is 18.2 Å². The first kappa shape index (κ1) is 15.7. The van der Waals surface area contributed by atoms with Gasteiger partial charge in [-0.3, -0.25) is 9.69 Å². The molecule has 0 N–H and O–H groups in total. The van der Waals surface area contributed by atoms with E-state index in [-0.39, 0.29) is 5.78 Å². The van der Waals surface area contributed by atoms with Crippen LogP contribution in [-0.4, -0.2) is 44.6 Å². The minimum atomic E-state index is 0.0662. The van der Waals surface area contributed by atoms with Gasteiger partial charge in [0.2, 0.25) is 0 Å². The predicted molar refractivity (Wildman–Crippen MR) is 75.8 cm³/mol. The molecule has 0 fully saturated rings. The Morgan fingerprint density at radius 1 is 1.37 bits per heavy atom. The maximum atomic E-state index is 11.4. The summed E-state index contributed by atoms with van der Waals surface area (Å²) < 4.78 is 10.5. The van der Waals surface area contributed by atoms with Crippen molar-refractivity contribution in [1.29, 1.82) is 0 Å². The van der Waals surface area contributed by atoms with Crippen LogP contribution in [0.2, 0.25) is 0 Å².